The molecule has 1 saturated carbocycles. The number of aromatic carboxylic acids is 1. The highest BCUT2D eigenvalue weighted by atomic mass is 35.5. The molecule has 8 nitrogen and oxygen atoms in total. The number of benzene rings is 2. The fraction of sp³-hybridized carbons (Fsp3) is 0.487. The van der Waals surface area contributed by atoms with Crippen LogP contribution >= 0.6 is 11.6 Å². The van der Waals surface area contributed by atoms with Gasteiger partial charge in [-0.15, -0.1) is 0 Å². The number of rotatable bonds is 9. The number of aromatic nitrogens is 1. The van der Waals surface area contributed by atoms with E-state index in [9.17, 15) is 32.7 Å². The van der Waals surface area contributed by atoms with Crippen molar-refractivity contribution in [3.05, 3.63) is 87.7 Å². The lowest BCUT2D eigenvalue weighted by Crippen LogP contribution is -2.63. The molecule has 1 aromatic heterocycles. The minimum Gasteiger partial charge on any atom is -0.493 e. The molecule has 1 N–H and O–H groups in total. The first-order valence-electron chi connectivity index (χ1n) is 17.4. The van der Waals surface area contributed by atoms with E-state index in [-0.39, 0.29) is 53.8 Å². The number of hydrogen-bond acceptors (Lipinski definition) is 6. The Labute approximate surface area is 300 Å². The molecule has 272 valence electrons. The molecule has 1 unspecified atom stereocenters. The van der Waals surface area contributed by atoms with Gasteiger partial charge < -0.3 is 14.6 Å². The maximum Gasteiger partial charge on any atom is 0.471 e. The molecule has 3 aromatic rings. The van der Waals surface area contributed by atoms with Crippen LogP contribution in [0.5, 0.6) is 5.75 Å². The van der Waals surface area contributed by atoms with Crippen LogP contribution in [0.4, 0.5) is 18.9 Å². The minimum atomic E-state index is -5.29. The number of pyridine rings is 1. The van der Waals surface area contributed by atoms with Crippen LogP contribution in [0.15, 0.2) is 54.7 Å². The zero-order valence-electron chi connectivity index (χ0n) is 28.9. The first-order chi connectivity index (χ1) is 24.2. The maximum absolute atomic E-state index is 14.3. The predicted molar refractivity (Wildman–Crippen MR) is 185 cm³/mol. The lowest BCUT2D eigenvalue weighted by molar-refractivity contribution is -0.174. The second kappa shape index (κ2) is 14.1. The molecule has 0 saturated heterocycles. The summed E-state index contributed by atoms with van der Waals surface area (Å²) in [6, 6.07) is 12.4. The Hall–Kier alpha value is -4.12. The molecule has 3 aliphatic rings. The van der Waals surface area contributed by atoms with Gasteiger partial charge in [0.15, 0.2) is 0 Å². The summed E-state index contributed by atoms with van der Waals surface area (Å²) in [7, 11) is 1.10. The molecular weight excluding hydrogens is 685 g/mol. The van der Waals surface area contributed by atoms with E-state index in [1.165, 1.54) is 24.3 Å². The molecule has 51 heavy (non-hydrogen) atoms. The summed E-state index contributed by atoms with van der Waals surface area (Å²) >= 11 is 6.18. The summed E-state index contributed by atoms with van der Waals surface area (Å²) in [6.45, 7) is 4.72. The molecule has 0 bridgehead atoms. The molecule has 1 amide bonds. The highest BCUT2D eigenvalue weighted by Crippen LogP contribution is 2.57. The van der Waals surface area contributed by atoms with Crippen LogP contribution in [-0.2, 0) is 32.6 Å². The summed E-state index contributed by atoms with van der Waals surface area (Å²) in [5, 5.41) is 10.00. The Kier molecular flexibility index (Phi) is 10.2. The largest absolute Gasteiger partial charge is 0.493 e. The second-order valence-electron chi connectivity index (χ2n) is 14.5. The van der Waals surface area contributed by atoms with Crippen LogP contribution in [0.1, 0.15) is 97.5 Å². The first-order valence-corrected chi connectivity index (χ1v) is 17.8. The van der Waals surface area contributed by atoms with E-state index in [1.807, 2.05) is 12.1 Å². The Bertz CT molecular complexity index is 1820. The Morgan fingerprint density at radius 2 is 1.84 bits per heavy atom. The highest BCUT2D eigenvalue weighted by molar-refractivity contribution is 6.31. The molecule has 3 aliphatic carbocycles. The number of esters is 1. The number of carbonyl (C=O) groups is 3. The predicted octanol–water partition coefficient (Wildman–Crippen LogP) is 8.47. The molecule has 0 aliphatic heterocycles. The van der Waals surface area contributed by atoms with Crippen LogP contribution in [0.25, 0.3) is 0 Å². The van der Waals surface area contributed by atoms with E-state index in [0.29, 0.717) is 30.3 Å². The maximum atomic E-state index is 14.3. The van der Waals surface area contributed by atoms with Gasteiger partial charge in [-0.2, -0.15) is 13.2 Å². The third kappa shape index (κ3) is 6.81. The highest BCUT2D eigenvalue weighted by Gasteiger charge is 2.60. The van der Waals surface area contributed by atoms with Gasteiger partial charge in [0, 0.05) is 28.2 Å². The molecule has 1 fully saturated rings. The number of amides is 1. The van der Waals surface area contributed by atoms with E-state index in [0.717, 1.165) is 54.5 Å². The van der Waals surface area contributed by atoms with Gasteiger partial charge in [0.25, 0.3) is 0 Å². The summed E-state index contributed by atoms with van der Waals surface area (Å²) in [5.74, 6) is -3.03. The van der Waals surface area contributed by atoms with E-state index in [1.54, 1.807) is 18.3 Å². The Morgan fingerprint density at radius 3 is 2.51 bits per heavy atom. The topological polar surface area (TPSA) is 106 Å². The monoisotopic (exact) mass is 726 g/mol. The van der Waals surface area contributed by atoms with E-state index < -0.39 is 35.0 Å². The summed E-state index contributed by atoms with van der Waals surface area (Å²) in [6.07, 6.45) is 1.03. The van der Waals surface area contributed by atoms with Crippen LogP contribution < -0.4 is 9.64 Å². The van der Waals surface area contributed by atoms with E-state index >= 15 is 0 Å². The van der Waals surface area contributed by atoms with Gasteiger partial charge in [0.2, 0.25) is 0 Å². The van der Waals surface area contributed by atoms with Crippen molar-refractivity contribution in [2.24, 2.45) is 11.8 Å². The summed E-state index contributed by atoms with van der Waals surface area (Å²) in [4.78, 5) is 44.1. The number of anilines is 1. The fourth-order valence-corrected chi connectivity index (χ4v) is 9.18. The molecule has 3 atom stereocenters. The smallest absolute Gasteiger partial charge is 0.471 e. The van der Waals surface area contributed by atoms with Crippen LogP contribution in [-0.4, -0.2) is 53.4 Å². The molecule has 0 radical (unpaired) electrons. The second-order valence-corrected chi connectivity index (χ2v) is 14.9. The van der Waals surface area contributed by atoms with Crippen molar-refractivity contribution < 1.29 is 42.1 Å². The first kappa shape index (κ1) is 36.7. The lowest BCUT2D eigenvalue weighted by atomic mass is 9.59. The average Bonchev–Trinajstić information content (AvgIpc) is 3.38. The normalized spacial score (nSPS) is 24.7. The van der Waals surface area contributed by atoms with Crippen LogP contribution in [0, 0.1) is 11.8 Å². The minimum absolute atomic E-state index is 0.0333. The van der Waals surface area contributed by atoms with Crippen molar-refractivity contribution in [1.82, 2.24) is 4.98 Å². The van der Waals surface area contributed by atoms with Crippen molar-refractivity contribution >= 4 is 35.1 Å². The Balaban J connectivity index is 1.33. The zero-order chi connectivity index (χ0) is 36.7. The van der Waals surface area contributed by atoms with Gasteiger partial charge in [-0.1, -0.05) is 37.6 Å². The number of ether oxygens (including phenoxy) is 2. The molecule has 12 heteroatoms. The van der Waals surface area contributed by atoms with Crippen molar-refractivity contribution in [3.8, 4) is 5.75 Å². The van der Waals surface area contributed by atoms with Crippen molar-refractivity contribution in [2.75, 3.05) is 18.6 Å². The van der Waals surface area contributed by atoms with Gasteiger partial charge in [0.1, 0.15) is 11.3 Å². The number of hydrogen-bond donors (Lipinski definition) is 1. The number of carboxylic acids is 1. The summed E-state index contributed by atoms with van der Waals surface area (Å²) in [5.41, 5.74) is 1.32. The van der Waals surface area contributed by atoms with Gasteiger partial charge in [-0.3, -0.25) is 14.7 Å². The van der Waals surface area contributed by atoms with Crippen molar-refractivity contribution in [1.29, 1.82) is 0 Å². The number of nitrogens with zero attached hydrogens (tertiary/aromatic N) is 2. The lowest BCUT2D eigenvalue weighted by Gasteiger charge is -2.51. The third-order valence-electron chi connectivity index (χ3n) is 11.4. The number of alkyl halides is 3. The number of aryl methyl sites for hydroxylation is 1. The van der Waals surface area contributed by atoms with E-state index in [2.05, 4.69) is 18.8 Å². The van der Waals surface area contributed by atoms with Gasteiger partial charge in [-0.05, 0) is 128 Å². The van der Waals surface area contributed by atoms with Crippen LogP contribution in [0.3, 0.4) is 0 Å². The summed E-state index contributed by atoms with van der Waals surface area (Å²) < 4.78 is 54.4. The molecule has 2 aromatic carbocycles. The standard InChI is InChI=1S/C39H42ClF3N2O6/c1-23(22-51-32-12-17-44-31-9-4-6-24(2)33(31)32)18-27-19-25-10-11-26(34(46)47)20-30(25)37(27)13-15-38(16-14-37,36(49)50-3)45(35(48)39(41,42)43)29-8-5-7-28(40)21-29/h5,7-8,10-12,17,20-21,23-24,27H,4,6,9,13-16,18-19,22H2,1-3H3,(H,46,47)/t23-,24-,27?,37?,38?/m1/s1. The number of carbonyl (C=O) groups excluding carboxylic acids is 2. The van der Waals surface area contributed by atoms with Crippen molar-refractivity contribution in [3.63, 3.8) is 0 Å². The number of methoxy groups -OCH3 is 1. The SMILES string of the molecule is COC(=O)C1(N(C(=O)C(F)(F)F)c2cccc(Cl)c2)CCC2(CC1)c1cc(C(=O)O)ccc1CC2C[C@@H](C)COc1ccnc2c1[C@H](C)CCC2. The number of fused-ring (bicyclic) bond motifs is 3. The number of carboxylic acid groups (broad SMARTS) is 1. The van der Waals surface area contributed by atoms with Crippen LogP contribution in [0.2, 0.25) is 5.02 Å². The molecule has 1 heterocycles. The fourth-order valence-electron chi connectivity index (χ4n) is 8.99. The molecular formula is C39H42ClF3N2O6. The average molecular weight is 727 g/mol. The molecule has 1 spiro atoms. The van der Waals surface area contributed by atoms with Gasteiger partial charge >= 0.3 is 24.0 Å². The third-order valence-corrected chi connectivity index (χ3v) is 11.6. The van der Waals surface area contributed by atoms with Crippen molar-refractivity contribution in [2.45, 2.75) is 94.7 Å². The molecule has 6 rings (SSSR count). The number of halogens is 4. The quantitative estimate of drug-likeness (QED) is 0.221. The Morgan fingerprint density at radius 1 is 1.10 bits per heavy atom. The van der Waals surface area contributed by atoms with Gasteiger partial charge in [0.05, 0.1) is 19.3 Å². The zero-order valence-corrected chi connectivity index (χ0v) is 29.6. The van der Waals surface area contributed by atoms with E-state index in [4.69, 9.17) is 21.1 Å². The van der Waals surface area contributed by atoms with Gasteiger partial charge in [-0.25, -0.2) is 9.59 Å².